The van der Waals surface area contributed by atoms with Crippen molar-refractivity contribution in [3.63, 3.8) is 0 Å². The van der Waals surface area contributed by atoms with Crippen LogP contribution in [0.5, 0.6) is 0 Å². The van der Waals surface area contributed by atoms with Crippen molar-refractivity contribution < 1.29 is 18.8 Å². The lowest BCUT2D eigenvalue weighted by Gasteiger charge is -2.32. The fourth-order valence-electron chi connectivity index (χ4n) is 3.56. The van der Waals surface area contributed by atoms with Crippen molar-refractivity contribution in [3.05, 3.63) is 22.3 Å². The van der Waals surface area contributed by atoms with Crippen LogP contribution in [0.25, 0.3) is 0 Å². The Morgan fingerprint density at radius 1 is 0.963 bits per heavy atom. The number of carbonyl (C=O) groups excluding carboxylic acids is 1. The maximum atomic E-state index is 13.0. The van der Waals surface area contributed by atoms with Gasteiger partial charge in [0.05, 0.1) is 16.8 Å². The summed E-state index contributed by atoms with van der Waals surface area (Å²) in [6, 6.07) is 0. The van der Waals surface area contributed by atoms with E-state index in [0.29, 0.717) is 5.56 Å². The molecule has 0 aliphatic carbocycles. The summed E-state index contributed by atoms with van der Waals surface area (Å²) in [5.74, 6) is -0.327. The summed E-state index contributed by atoms with van der Waals surface area (Å²) in [6.07, 6.45) is 0. The molecule has 1 heterocycles. The molecule has 0 unspecified atom stereocenters. The van der Waals surface area contributed by atoms with Crippen LogP contribution in [0.4, 0.5) is 5.69 Å². The van der Waals surface area contributed by atoms with Crippen LogP contribution in [-0.4, -0.2) is 36.9 Å². The van der Waals surface area contributed by atoms with Gasteiger partial charge in [0.2, 0.25) is 0 Å². The average Bonchev–Trinajstić information content (AvgIpc) is 2.65. The fraction of sp³-hybridized carbons (Fsp3) is 0.667. The monoisotopic (exact) mass is 375 g/mol. The smallest absolute Gasteiger partial charge is 0.456 e. The minimum atomic E-state index is -0.564. The highest BCUT2D eigenvalue weighted by molar-refractivity contribution is 6.63. The highest BCUT2D eigenvalue weighted by Gasteiger charge is 2.53. The Bertz CT molecular complexity index is 747. The summed E-state index contributed by atoms with van der Waals surface area (Å²) in [5.41, 5.74) is 3.66. The first-order valence-electron chi connectivity index (χ1n) is 9.53. The van der Waals surface area contributed by atoms with Crippen molar-refractivity contribution >= 4 is 24.2 Å². The third kappa shape index (κ3) is 3.88. The summed E-state index contributed by atoms with van der Waals surface area (Å²) < 4.78 is 18.2. The van der Waals surface area contributed by atoms with E-state index in [1.54, 1.807) is 0 Å². The van der Waals surface area contributed by atoms with Crippen LogP contribution in [0, 0.1) is 20.8 Å². The Hall–Kier alpha value is -1.53. The summed E-state index contributed by atoms with van der Waals surface area (Å²) in [4.78, 5) is 13.0. The maximum absolute atomic E-state index is 13.0. The second-order valence-electron chi connectivity index (χ2n) is 9.38. The van der Waals surface area contributed by atoms with E-state index >= 15 is 0 Å². The fourth-order valence-corrected chi connectivity index (χ4v) is 3.56. The number of nitrogens with one attached hydrogen (secondary N) is 1. The number of benzene rings is 1. The standard InChI is InChI=1S/C21H34BNO4/c1-12-15(18(24)25-19(4,5)6)13(2)17(23-11)14(3)16(12)22-26-20(7,8)21(9,10)27-22/h23H,1-11H3. The molecule has 0 spiro atoms. The molecule has 1 fully saturated rings. The molecular weight excluding hydrogens is 341 g/mol. The second-order valence-corrected chi connectivity index (χ2v) is 9.38. The van der Waals surface area contributed by atoms with Gasteiger partial charge in [-0.25, -0.2) is 4.79 Å². The Balaban J connectivity index is 2.66. The topological polar surface area (TPSA) is 56.8 Å². The lowest BCUT2D eigenvalue weighted by Crippen LogP contribution is -2.41. The number of esters is 1. The SMILES string of the molecule is CNc1c(C)c(B2OC(C)(C)C(C)(C)O2)c(C)c(C(=O)OC(C)(C)C)c1C. The Labute approximate surface area is 164 Å². The van der Waals surface area contributed by atoms with Crippen molar-refractivity contribution in [3.8, 4) is 0 Å². The predicted molar refractivity (Wildman–Crippen MR) is 111 cm³/mol. The molecule has 6 heteroatoms. The number of rotatable bonds is 3. The number of hydrogen-bond acceptors (Lipinski definition) is 5. The number of anilines is 1. The Kier molecular flexibility index (Phi) is 5.50. The van der Waals surface area contributed by atoms with Gasteiger partial charge in [0.15, 0.2) is 0 Å². The van der Waals surface area contributed by atoms with Gasteiger partial charge in [0.1, 0.15) is 5.60 Å². The number of carbonyl (C=O) groups is 1. The normalized spacial score (nSPS) is 18.6. The van der Waals surface area contributed by atoms with E-state index in [-0.39, 0.29) is 5.97 Å². The first-order chi connectivity index (χ1) is 12.1. The molecule has 1 aromatic rings. The van der Waals surface area contributed by atoms with Crippen molar-refractivity contribution in [1.29, 1.82) is 0 Å². The minimum absolute atomic E-state index is 0.327. The lowest BCUT2D eigenvalue weighted by atomic mass is 9.70. The van der Waals surface area contributed by atoms with E-state index in [1.165, 1.54) is 0 Å². The molecule has 0 aromatic heterocycles. The zero-order valence-corrected chi connectivity index (χ0v) is 18.7. The van der Waals surface area contributed by atoms with Crippen LogP contribution in [0.3, 0.4) is 0 Å². The molecule has 0 radical (unpaired) electrons. The molecular formula is C21H34BNO4. The van der Waals surface area contributed by atoms with E-state index in [9.17, 15) is 4.79 Å². The highest BCUT2D eigenvalue weighted by atomic mass is 16.7. The molecule has 1 aromatic carbocycles. The van der Waals surface area contributed by atoms with Gasteiger partial charge in [-0.15, -0.1) is 0 Å². The van der Waals surface area contributed by atoms with Gasteiger partial charge in [0, 0.05) is 12.7 Å². The van der Waals surface area contributed by atoms with Crippen LogP contribution in [-0.2, 0) is 14.0 Å². The third-order valence-electron chi connectivity index (χ3n) is 5.65. The van der Waals surface area contributed by atoms with Gasteiger partial charge >= 0.3 is 13.1 Å². The number of hydrogen-bond donors (Lipinski definition) is 1. The molecule has 5 nitrogen and oxygen atoms in total. The molecule has 2 rings (SSSR count). The van der Waals surface area contributed by atoms with E-state index in [4.69, 9.17) is 14.0 Å². The van der Waals surface area contributed by atoms with Gasteiger partial charge in [-0.1, -0.05) is 0 Å². The highest BCUT2D eigenvalue weighted by Crippen LogP contribution is 2.38. The zero-order valence-electron chi connectivity index (χ0n) is 18.7. The third-order valence-corrected chi connectivity index (χ3v) is 5.65. The van der Waals surface area contributed by atoms with Crippen LogP contribution in [0.2, 0.25) is 0 Å². The lowest BCUT2D eigenvalue weighted by molar-refractivity contribution is 0.00578. The summed E-state index contributed by atoms with van der Waals surface area (Å²) in [7, 11) is 1.32. The van der Waals surface area contributed by atoms with E-state index in [1.807, 2.05) is 76.3 Å². The van der Waals surface area contributed by atoms with E-state index < -0.39 is 23.9 Å². The van der Waals surface area contributed by atoms with Crippen LogP contribution in [0.1, 0.15) is 75.5 Å². The summed E-state index contributed by atoms with van der Waals surface area (Å²) in [5, 5.41) is 3.24. The second kappa shape index (κ2) is 6.82. The van der Waals surface area contributed by atoms with Crippen molar-refractivity contribution in [2.45, 2.75) is 86.0 Å². The molecule has 0 amide bonds. The molecule has 27 heavy (non-hydrogen) atoms. The molecule has 0 bridgehead atoms. The van der Waals surface area contributed by atoms with Crippen molar-refractivity contribution in [2.75, 3.05) is 12.4 Å². The van der Waals surface area contributed by atoms with Gasteiger partial charge in [-0.05, 0) is 91.4 Å². The maximum Gasteiger partial charge on any atom is 0.495 e. The van der Waals surface area contributed by atoms with E-state index in [2.05, 4.69) is 5.32 Å². The van der Waals surface area contributed by atoms with Gasteiger partial charge in [-0.2, -0.15) is 0 Å². The van der Waals surface area contributed by atoms with Crippen LogP contribution < -0.4 is 10.8 Å². The quantitative estimate of drug-likeness (QED) is 0.641. The van der Waals surface area contributed by atoms with Crippen LogP contribution in [0.15, 0.2) is 0 Å². The summed E-state index contributed by atoms with van der Waals surface area (Å²) >= 11 is 0. The van der Waals surface area contributed by atoms with Crippen molar-refractivity contribution in [1.82, 2.24) is 0 Å². The first kappa shape index (κ1) is 21.8. The molecule has 1 N–H and O–H groups in total. The molecule has 1 aliphatic heterocycles. The Morgan fingerprint density at radius 3 is 1.85 bits per heavy atom. The van der Waals surface area contributed by atoms with Gasteiger partial charge in [-0.3, -0.25) is 0 Å². The molecule has 0 saturated carbocycles. The molecule has 150 valence electrons. The average molecular weight is 375 g/mol. The zero-order chi connectivity index (χ0) is 20.9. The van der Waals surface area contributed by atoms with Crippen molar-refractivity contribution in [2.24, 2.45) is 0 Å². The Morgan fingerprint density at radius 2 is 1.44 bits per heavy atom. The van der Waals surface area contributed by atoms with Gasteiger partial charge in [0.25, 0.3) is 0 Å². The molecule has 1 aliphatic rings. The number of ether oxygens (including phenoxy) is 1. The minimum Gasteiger partial charge on any atom is -0.456 e. The predicted octanol–water partition coefficient (Wildman–Crippen LogP) is 3.91. The first-order valence-corrected chi connectivity index (χ1v) is 9.53. The van der Waals surface area contributed by atoms with E-state index in [0.717, 1.165) is 27.8 Å². The van der Waals surface area contributed by atoms with Gasteiger partial charge < -0.3 is 19.4 Å². The summed E-state index contributed by atoms with van der Waals surface area (Å²) in [6.45, 7) is 19.6. The van der Waals surface area contributed by atoms with Crippen LogP contribution >= 0.6 is 0 Å². The molecule has 0 atom stereocenters. The largest absolute Gasteiger partial charge is 0.495 e. The molecule has 1 saturated heterocycles.